The first-order valence-corrected chi connectivity index (χ1v) is 27.0. The van der Waals surface area contributed by atoms with Crippen LogP contribution in [0, 0.1) is 0 Å². The number of hydrogen-bond acceptors (Lipinski definition) is 7. The molecule has 8 nitrogen and oxygen atoms in total. The zero-order chi connectivity index (χ0) is 53.0. The number of benzene rings is 4. The molecule has 0 saturated heterocycles. The van der Waals surface area contributed by atoms with Crippen LogP contribution >= 0.6 is 22.7 Å². The first kappa shape index (κ1) is 60.0. The number of furan rings is 1. The van der Waals surface area contributed by atoms with Crippen LogP contribution in [0.4, 0.5) is 4.79 Å². The minimum atomic E-state index is -0.473. The Balaban J connectivity index is 0.000000171. The van der Waals surface area contributed by atoms with Gasteiger partial charge >= 0.3 is 64.3 Å². The van der Waals surface area contributed by atoms with E-state index >= 15 is 0 Å². The molecule has 0 aliphatic carbocycles. The zero-order valence-electron chi connectivity index (χ0n) is 47.4. The van der Waals surface area contributed by atoms with Crippen molar-refractivity contribution in [2.24, 2.45) is 0 Å². The fourth-order valence-electron chi connectivity index (χ4n) is 8.07. The summed E-state index contributed by atoms with van der Waals surface area (Å²) in [6.07, 6.45) is 1.58. The molecule has 0 spiro atoms. The van der Waals surface area contributed by atoms with E-state index in [-0.39, 0.29) is 91.4 Å². The third-order valence-corrected chi connectivity index (χ3v) is 14.6. The SMILES string of the molecule is CC(C)(C)OC(=O)N1CCn2c(nnc2C(C)(C)C)C1.CC(C)(C)c1cc2ccccc2[n-]1.CC(C)(C)c1cc2ccccc2s1.CC(C)(C)c1coc2ccccc12.CC(C)(C)c1csc2ccccc12.[Rb+]. The summed E-state index contributed by atoms with van der Waals surface area (Å²) in [6, 6.07) is 38.1. The van der Waals surface area contributed by atoms with Crippen molar-refractivity contribution in [3.8, 4) is 0 Å². The van der Waals surface area contributed by atoms with E-state index < -0.39 is 5.60 Å². The van der Waals surface area contributed by atoms with E-state index in [1.165, 1.54) is 52.6 Å². The Morgan fingerprint density at radius 3 is 1.75 bits per heavy atom. The standard InChI is InChI=1S/C14H24N4O2.C12H14N.C12H14O.2C12H14S.Rb/c1-13(2,3)11-16-15-10-9-17(7-8-18(10)11)12(19)20-14(4,5)6;1-12(2,3)11-8-9-6-4-5-7-10(9)13-11;2*1-12(2,3)10-8-13-11-7-5-4-6-9(10)11;1-12(2,3)11-8-9-6-4-5-7-10(9)13-11;/h7-9H2,1-6H3;4*4-8H,1-3H3;/q;-1;;;;+1. The van der Waals surface area contributed by atoms with Crippen LogP contribution < -0.4 is 63.2 Å². The van der Waals surface area contributed by atoms with Crippen LogP contribution in [0.25, 0.3) is 42.0 Å². The summed E-state index contributed by atoms with van der Waals surface area (Å²) in [5, 5.41) is 16.0. The second kappa shape index (κ2) is 24.0. The second-order valence-corrected chi connectivity index (χ2v) is 26.9. The van der Waals surface area contributed by atoms with Gasteiger partial charge in [-0.2, -0.15) is 5.69 Å². The maximum absolute atomic E-state index is 12.1. The van der Waals surface area contributed by atoms with Crippen LogP contribution in [-0.2, 0) is 44.9 Å². The van der Waals surface area contributed by atoms with Gasteiger partial charge in [0.25, 0.3) is 0 Å². The van der Waals surface area contributed by atoms with Crippen LogP contribution in [0.1, 0.15) is 158 Å². The number of thiophene rings is 2. The Labute approximate surface area is 493 Å². The van der Waals surface area contributed by atoms with Crippen molar-refractivity contribution < 1.29 is 72.1 Å². The number of nitrogens with zero attached hydrogens (tertiary/aromatic N) is 5. The Hall–Kier alpha value is -3.90. The minimum Gasteiger partial charge on any atom is -0.660 e. The van der Waals surface area contributed by atoms with Crippen LogP contribution in [0.2, 0.25) is 0 Å². The number of carbonyl (C=O) groups is 1. The number of amides is 1. The Morgan fingerprint density at radius 1 is 0.603 bits per heavy atom. The normalized spacial score (nSPS) is 13.1. The van der Waals surface area contributed by atoms with Crippen LogP contribution in [-0.4, -0.2) is 37.9 Å². The van der Waals surface area contributed by atoms with E-state index in [9.17, 15) is 4.79 Å². The van der Waals surface area contributed by atoms with Gasteiger partial charge in [0.05, 0.1) is 12.8 Å². The molecule has 5 aromatic heterocycles. The number of ether oxygens (including phenoxy) is 1. The summed E-state index contributed by atoms with van der Waals surface area (Å²) in [5.74, 6) is 1.79. The molecule has 6 heterocycles. The van der Waals surface area contributed by atoms with Crippen LogP contribution in [0.5, 0.6) is 0 Å². The largest absolute Gasteiger partial charge is 1.00 e. The van der Waals surface area contributed by atoms with Gasteiger partial charge in [0.15, 0.2) is 5.82 Å². The number of hydrogen-bond donors (Lipinski definition) is 0. The van der Waals surface area contributed by atoms with Gasteiger partial charge in [-0.1, -0.05) is 189 Å². The van der Waals surface area contributed by atoms with Gasteiger partial charge in [-0.25, -0.2) is 4.79 Å². The van der Waals surface area contributed by atoms with E-state index in [1.54, 1.807) is 4.90 Å². The summed E-state index contributed by atoms with van der Waals surface area (Å²) in [4.78, 5) is 19.8. The predicted molar refractivity (Wildman–Crippen MR) is 307 cm³/mol. The molecule has 11 heteroatoms. The van der Waals surface area contributed by atoms with Gasteiger partial charge < -0.3 is 18.7 Å². The molecular weight excluding hydrogens is 1010 g/mol. The molecule has 4 aromatic carbocycles. The van der Waals surface area contributed by atoms with Crippen molar-refractivity contribution in [3.63, 3.8) is 0 Å². The molecule has 0 unspecified atom stereocenters. The van der Waals surface area contributed by atoms with Gasteiger partial charge in [0, 0.05) is 43.7 Å². The Kier molecular flexibility index (Phi) is 19.7. The zero-order valence-corrected chi connectivity index (χ0v) is 54.0. The molecular formula is C62H80N5O3RbS2. The summed E-state index contributed by atoms with van der Waals surface area (Å²) < 4.78 is 15.8. The van der Waals surface area contributed by atoms with Gasteiger partial charge in [0.1, 0.15) is 17.0 Å². The first-order chi connectivity index (χ1) is 33.4. The second-order valence-electron chi connectivity index (χ2n) is 24.9. The number of fused-ring (bicyclic) bond motifs is 5. The van der Waals surface area contributed by atoms with Crippen molar-refractivity contribution in [2.75, 3.05) is 6.54 Å². The van der Waals surface area contributed by atoms with E-state index in [0.717, 1.165) is 22.7 Å². The molecule has 73 heavy (non-hydrogen) atoms. The molecule has 9 aromatic rings. The molecule has 0 saturated carbocycles. The van der Waals surface area contributed by atoms with Gasteiger partial charge in [-0.05, 0) is 93.8 Å². The molecule has 0 fully saturated rings. The first-order valence-electron chi connectivity index (χ1n) is 25.3. The maximum atomic E-state index is 12.1. The summed E-state index contributed by atoms with van der Waals surface area (Å²) in [5.41, 5.74) is 6.34. The smallest absolute Gasteiger partial charge is 0.660 e. The van der Waals surface area contributed by atoms with Crippen LogP contribution in [0.3, 0.4) is 0 Å². The Bertz CT molecular complexity index is 2950. The topological polar surface area (TPSA) is 87.5 Å². The van der Waals surface area contributed by atoms with Gasteiger partial charge in [-0.3, -0.25) is 4.90 Å². The van der Waals surface area contributed by atoms with E-state index in [4.69, 9.17) is 9.15 Å². The average Bonchev–Trinajstić information content (AvgIpc) is 4.13. The van der Waals surface area contributed by atoms with E-state index in [0.29, 0.717) is 19.6 Å². The molecule has 384 valence electrons. The summed E-state index contributed by atoms with van der Waals surface area (Å²) in [6.45, 7) is 40.5. The van der Waals surface area contributed by atoms with E-state index in [1.807, 2.05) is 74.0 Å². The maximum Gasteiger partial charge on any atom is 1.00 e. The fraction of sp³-hybridized carbons (Fsp3) is 0.435. The molecule has 0 radical (unpaired) electrons. The van der Waals surface area contributed by atoms with Crippen molar-refractivity contribution in [3.05, 3.63) is 154 Å². The fourth-order valence-corrected chi connectivity index (χ4v) is 10.4. The Morgan fingerprint density at radius 2 is 1.18 bits per heavy atom. The van der Waals surface area contributed by atoms with Gasteiger partial charge in [0.2, 0.25) is 0 Å². The van der Waals surface area contributed by atoms with E-state index in [2.05, 4.69) is 214 Å². The molecule has 0 atom stereocenters. The average molecular weight is 1090 g/mol. The monoisotopic (exact) mass is 1090 g/mol. The molecule has 0 N–H and O–H groups in total. The third-order valence-electron chi connectivity index (χ3n) is 12.1. The third kappa shape index (κ3) is 16.3. The molecule has 0 bridgehead atoms. The minimum absolute atomic E-state index is 0. The number of carbonyl (C=O) groups excluding carboxylic acids is 1. The summed E-state index contributed by atoms with van der Waals surface area (Å²) >= 11 is 3.75. The van der Waals surface area contributed by atoms with Crippen molar-refractivity contribution in [1.82, 2.24) is 24.6 Å². The predicted octanol–water partition coefficient (Wildman–Crippen LogP) is 14.6. The van der Waals surface area contributed by atoms with Crippen molar-refractivity contribution in [1.29, 1.82) is 0 Å². The molecule has 10 rings (SSSR count). The van der Waals surface area contributed by atoms with Crippen molar-refractivity contribution >= 4 is 70.8 Å². The molecule has 1 amide bonds. The molecule has 1 aliphatic heterocycles. The number of rotatable bonds is 0. The van der Waals surface area contributed by atoms with Crippen LogP contribution in [0.15, 0.2) is 125 Å². The summed E-state index contributed by atoms with van der Waals surface area (Å²) in [7, 11) is 0. The van der Waals surface area contributed by atoms with Crippen molar-refractivity contribution in [2.45, 2.75) is 170 Å². The number of aromatic nitrogens is 4. The molecule has 1 aliphatic rings. The van der Waals surface area contributed by atoms with Gasteiger partial charge in [-0.15, -0.1) is 38.4 Å². The quantitative estimate of drug-likeness (QED) is 0.150. The number of para-hydroxylation sites is 2.